The lowest BCUT2D eigenvalue weighted by atomic mass is 10.2. The highest BCUT2D eigenvalue weighted by atomic mass is 32.1. The van der Waals surface area contributed by atoms with Crippen molar-refractivity contribution in [3.63, 3.8) is 0 Å². The molecule has 0 spiro atoms. The van der Waals surface area contributed by atoms with Crippen molar-refractivity contribution in [1.82, 2.24) is 5.32 Å². The van der Waals surface area contributed by atoms with Gasteiger partial charge < -0.3 is 25.0 Å². The number of ether oxygens (including phenoxy) is 2. The summed E-state index contributed by atoms with van der Waals surface area (Å²) in [6.07, 6.45) is 0.246. The van der Waals surface area contributed by atoms with Gasteiger partial charge in [-0.25, -0.2) is 0 Å². The molecule has 2 aromatic rings. The zero-order valence-electron chi connectivity index (χ0n) is 16.8. The minimum atomic E-state index is -0.163. The van der Waals surface area contributed by atoms with Crippen LogP contribution in [0.4, 0.5) is 11.4 Å². The molecule has 7 nitrogen and oxygen atoms in total. The number of carbonyl (C=O) groups is 2. The van der Waals surface area contributed by atoms with Crippen molar-refractivity contribution in [3.05, 3.63) is 46.2 Å². The van der Waals surface area contributed by atoms with E-state index < -0.39 is 0 Å². The number of benzene rings is 1. The van der Waals surface area contributed by atoms with E-state index >= 15 is 0 Å². The van der Waals surface area contributed by atoms with E-state index in [1.807, 2.05) is 43.3 Å². The molecule has 3 rings (SSSR count). The molecular formula is C21H27N3O4S. The van der Waals surface area contributed by atoms with Crippen molar-refractivity contribution < 1.29 is 19.1 Å². The highest BCUT2D eigenvalue weighted by molar-refractivity contribution is 7.13. The smallest absolute Gasteiger partial charge is 0.261 e. The second kappa shape index (κ2) is 10.4. The molecule has 1 saturated heterocycles. The van der Waals surface area contributed by atoms with Crippen molar-refractivity contribution >= 4 is 34.5 Å². The number of carbonyl (C=O) groups excluding carboxylic acids is 2. The molecule has 1 aromatic carbocycles. The average molecular weight is 418 g/mol. The van der Waals surface area contributed by atoms with E-state index in [4.69, 9.17) is 9.47 Å². The first-order chi connectivity index (χ1) is 14.1. The molecule has 0 aliphatic carbocycles. The van der Waals surface area contributed by atoms with Crippen LogP contribution in [0.15, 0.2) is 36.4 Å². The Morgan fingerprint density at radius 2 is 2.00 bits per heavy atom. The van der Waals surface area contributed by atoms with E-state index in [1.165, 1.54) is 11.3 Å². The quantitative estimate of drug-likeness (QED) is 0.690. The Morgan fingerprint density at radius 1 is 1.21 bits per heavy atom. The van der Waals surface area contributed by atoms with Gasteiger partial charge in [0.2, 0.25) is 5.91 Å². The molecule has 1 fully saturated rings. The van der Waals surface area contributed by atoms with Gasteiger partial charge in [0.05, 0.1) is 30.6 Å². The fourth-order valence-electron chi connectivity index (χ4n) is 3.03. The first-order valence-electron chi connectivity index (χ1n) is 9.66. The van der Waals surface area contributed by atoms with Crippen molar-refractivity contribution in [1.29, 1.82) is 0 Å². The van der Waals surface area contributed by atoms with Crippen LogP contribution in [0.2, 0.25) is 0 Å². The van der Waals surface area contributed by atoms with E-state index in [1.54, 1.807) is 12.0 Å². The average Bonchev–Trinajstić information content (AvgIpc) is 3.06. The second-order valence-electron chi connectivity index (χ2n) is 6.81. The SMILES string of the molecule is COC(CNC(=O)c1ccc(C)s1)CNc1ccc(N2CCOCCC2=O)cc1. The minimum Gasteiger partial charge on any atom is -0.382 e. The summed E-state index contributed by atoms with van der Waals surface area (Å²) in [5.74, 6) is -0.0000632. The molecule has 2 heterocycles. The van der Waals surface area contributed by atoms with Crippen molar-refractivity contribution in [3.8, 4) is 0 Å². The third-order valence-electron chi connectivity index (χ3n) is 4.72. The Hall–Kier alpha value is -2.42. The Labute approximate surface area is 175 Å². The summed E-state index contributed by atoms with van der Waals surface area (Å²) in [6, 6.07) is 11.5. The van der Waals surface area contributed by atoms with Crippen molar-refractivity contribution in [2.24, 2.45) is 0 Å². The van der Waals surface area contributed by atoms with E-state index in [0.29, 0.717) is 44.1 Å². The number of hydrogen-bond donors (Lipinski definition) is 2. The fraction of sp³-hybridized carbons (Fsp3) is 0.429. The number of nitrogens with one attached hydrogen (secondary N) is 2. The van der Waals surface area contributed by atoms with Crippen LogP contribution in [-0.4, -0.2) is 57.9 Å². The van der Waals surface area contributed by atoms with Gasteiger partial charge in [-0.2, -0.15) is 0 Å². The lowest BCUT2D eigenvalue weighted by Crippen LogP contribution is -2.36. The highest BCUT2D eigenvalue weighted by Gasteiger charge is 2.18. The van der Waals surface area contributed by atoms with E-state index in [2.05, 4.69) is 10.6 Å². The number of amides is 2. The van der Waals surface area contributed by atoms with Crippen LogP contribution in [0.1, 0.15) is 21.0 Å². The molecule has 156 valence electrons. The normalized spacial score (nSPS) is 15.7. The van der Waals surface area contributed by atoms with Gasteiger partial charge in [0, 0.05) is 43.0 Å². The van der Waals surface area contributed by atoms with E-state index in [9.17, 15) is 9.59 Å². The Kier molecular flexibility index (Phi) is 7.62. The third-order valence-corrected chi connectivity index (χ3v) is 5.72. The third kappa shape index (κ3) is 6.03. The number of methoxy groups -OCH3 is 1. The summed E-state index contributed by atoms with van der Waals surface area (Å²) in [4.78, 5) is 27.9. The Balaban J connectivity index is 1.48. The minimum absolute atomic E-state index is 0.0827. The first-order valence-corrected chi connectivity index (χ1v) is 10.5. The molecule has 8 heteroatoms. The number of rotatable bonds is 8. The van der Waals surface area contributed by atoms with Gasteiger partial charge >= 0.3 is 0 Å². The Bertz CT molecular complexity index is 822. The zero-order valence-corrected chi connectivity index (χ0v) is 17.6. The predicted octanol–water partition coefficient (Wildman–Crippen LogP) is 2.67. The fourth-order valence-corrected chi connectivity index (χ4v) is 3.81. The number of thiophene rings is 1. The topological polar surface area (TPSA) is 79.9 Å². The molecule has 1 unspecified atom stereocenters. The van der Waals surface area contributed by atoms with Crippen LogP contribution in [0.25, 0.3) is 0 Å². The Morgan fingerprint density at radius 3 is 2.69 bits per heavy atom. The monoisotopic (exact) mass is 417 g/mol. The van der Waals surface area contributed by atoms with E-state index in [-0.39, 0.29) is 17.9 Å². The lowest BCUT2D eigenvalue weighted by molar-refractivity contribution is -0.118. The predicted molar refractivity (Wildman–Crippen MR) is 115 cm³/mol. The number of nitrogens with zero attached hydrogens (tertiary/aromatic N) is 1. The van der Waals surface area contributed by atoms with Gasteiger partial charge in [0.15, 0.2) is 0 Å². The van der Waals surface area contributed by atoms with Crippen LogP contribution in [0.5, 0.6) is 0 Å². The maximum absolute atomic E-state index is 12.2. The summed E-state index contributed by atoms with van der Waals surface area (Å²) in [7, 11) is 1.63. The van der Waals surface area contributed by atoms with Crippen LogP contribution in [-0.2, 0) is 14.3 Å². The number of aryl methyl sites for hydroxylation is 1. The van der Waals surface area contributed by atoms with Gasteiger partial charge in [-0.3, -0.25) is 9.59 Å². The van der Waals surface area contributed by atoms with Gasteiger partial charge in [0.1, 0.15) is 0 Å². The van der Waals surface area contributed by atoms with Crippen LogP contribution < -0.4 is 15.5 Å². The van der Waals surface area contributed by atoms with Gasteiger partial charge in [0.25, 0.3) is 5.91 Å². The molecular weight excluding hydrogens is 390 g/mol. The summed E-state index contributed by atoms with van der Waals surface area (Å²) in [6.45, 7) is 4.55. The molecule has 0 radical (unpaired) electrons. The first kappa shape index (κ1) is 21.3. The van der Waals surface area contributed by atoms with Crippen LogP contribution in [0.3, 0.4) is 0 Å². The summed E-state index contributed by atoms with van der Waals surface area (Å²) >= 11 is 1.48. The molecule has 1 aliphatic heterocycles. The molecule has 2 N–H and O–H groups in total. The molecule has 0 bridgehead atoms. The highest BCUT2D eigenvalue weighted by Crippen LogP contribution is 2.20. The van der Waals surface area contributed by atoms with Crippen molar-refractivity contribution in [2.45, 2.75) is 19.4 Å². The summed E-state index contributed by atoms with van der Waals surface area (Å²) in [5.41, 5.74) is 1.79. The molecule has 2 amide bonds. The van der Waals surface area contributed by atoms with Crippen LogP contribution >= 0.6 is 11.3 Å². The maximum Gasteiger partial charge on any atom is 0.261 e. The molecule has 1 aliphatic rings. The van der Waals surface area contributed by atoms with Gasteiger partial charge in [-0.15, -0.1) is 11.3 Å². The van der Waals surface area contributed by atoms with Gasteiger partial charge in [-0.1, -0.05) is 0 Å². The molecule has 1 atom stereocenters. The van der Waals surface area contributed by atoms with Crippen molar-refractivity contribution in [2.75, 3.05) is 50.2 Å². The summed E-state index contributed by atoms with van der Waals surface area (Å²) in [5, 5.41) is 6.23. The zero-order chi connectivity index (χ0) is 20.6. The molecule has 1 aromatic heterocycles. The second-order valence-corrected chi connectivity index (χ2v) is 8.10. The number of hydrogen-bond acceptors (Lipinski definition) is 6. The standard InChI is InChI=1S/C21H27N3O4S/c1-15-3-8-19(29-15)21(26)23-14-18(27-2)13-22-16-4-6-17(7-5-16)24-10-12-28-11-9-20(24)25/h3-8,18,22H,9-14H2,1-2H3,(H,23,26). The van der Waals surface area contributed by atoms with E-state index in [0.717, 1.165) is 16.3 Å². The largest absolute Gasteiger partial charge is 0.382 e. The summed E-state index contributed by atoms with van der Waals surface area (Å²) < 4.78 is 10.8. The lowest BCUT2D eigenvalue weighted by Gasteiger charge is -2.21. The molecule has 29 heavy (non-hydrogen) atoms. The number of anilines is 2. The van der Waals surface area contributed by atoms with Gasteiger partial charge in [-0.05, 0) is 43.3 Å². The van der Waals surface area contributed by atoms with Crippen LogP contribution in [0, 0.1) is 6.92 Å². The molecule has 0 saturated carbocycles. The maximum atomic E-state index is 12.2.